The zero-order chi connectivity index (χ0) is 49.1. The van der Waals surface area contributed by atoms with Gasteiger partial charge < -0.3 is 0 Å². The highest BCUT2D eigenvalue weighted by Gasteiger charge is 2.24. The van der Waals surface area contributed by atoms with Crippen molar-refractivity contribution in [1.82, 2.24) is 37.8 Å². The molecule has 6 aromatic carbocycles. The molecule has 19 heteroatoms. The van der Waals surface area contributed by atoms with Gasteiger partial charge in [-0.05, 0) is 108 Å². The van der Waals surface area contributed by atoms with Gasteiger partial charge in [-0.3, -0.25) is 37.4 Å². The number of aromatic amines is 1. The van der Waals surface area contributed by atoms with Crippen LogP contribution in [0.2, 0.25) is 30.1 Å². The molecule has 348 valence electrons. The Morgan fingerprint density at radius 1 is 0.507 bits per heavy atom. The third-order valence-corrected chi connectivity index (χ3v) is 13.1. The minimum absolute atomic E-state index is 0.197. The average Bonchev–Trinajstić information content (AvgIpc) is 3.93. The summed E-state index contributed by atoms with van der Waals surface area (Å²) in [6.07, 6.45) is 0. The molecule has 0 unspecified atom stereocenters. The van der Waals surface area contributed by atoms with E-state index in [-0.39, 0.29) is 28.9 Å². The largest absolute Gasteiger partial charge is 0.332 e. The van der Waals surface area contributed by atoms with E-state index in [9.17, 15) is 19.2 Å². The van der Waals surface area contributed by atoms with Gasteiger partial charge in [-0.1, -0.05) is 134 Å². The van der Waals surface area contributed by atoms with Crippen molar-refractivity contribution in [2.24, 2.45) is 14.1 Å². The topological polar surface area (TPSA) is 134 Å². The number of nitrogens with one attached hydrogen (secondary N) is 1. The number of rotatable bonds is 7. The van der Waals surface area contributed by atoms with Crippen molar-refractivity contribution in [3.63, 3.8) is 0 Å². The smallest absolute Gasteiger partial charge is 0.290 e. The number of halogens is 7. The molecule has 0 radical (unpaired) electrons. The van der Waals surface area contributed by atoms with E-state index in [4.69, 9.17) is 74.6 Å². The number of benzene rings is 6. The zero-order valence-corrected chi connectivity index (χ0v) is 42.3. The first kappa shape index (κ1) is 49.3. The highest BCUT2D eigenvalue weighted by Crippen LogP contribution is 2.33. The van der Waals surface area contributed by atoms with Gasteiger partial charge in [-0.25, -0.2) is 19.6 Å². The van der Waals surface area contributed by atoms with Crippen molar-refractivity contribution in [2.75, 3.05) is 0 Å². The fraction of sp³-hybridized carbons (Fsp3) is 0.0800. The van der Waals surface area contributed by atoms with Crippen LogP contribution in [0.5, 0.6) is 0 Å². The Morgan fingerprint density at radius 3 is 1.41 bits per heavy atom. The second-order valence-corrected chi connectivity index (χ2v) is 18.4. The van der Waals surface area contributed by atoms with E-state index in [2.05, 4.69) is 25.9 Å². The molecule has 10 aromatic rings. The van der Waals surface area contributed by atoms with E-state index in [0.29, 0.717) is 59.3 Å². The molecule has 0 bridgehead atoms. The van der Waals surface area contributed by atoms with E-state index >= 15 is 0 Å². The summed E-state index contributed by atoms with van der Waals surface area (Å²) in [4.78, 5) is 63.2. The van der Waals surface area contributed by atoms with Crippen LogP contribution < -0.4 is 22.5 Å². The van der Waals surface area contributed by atoms with Crippen LogP contribution in [0.4, 0.5) is 0 Å². The summed E-state index contributed by atoms with van der Waals surface area (Å²) in [6.45, 7) is 0.209. The Balaban J connectivity index is 0.000000161. The maximum Gasteiger partial charge on any atom is 0.332 e. The van der Waals surface area contributed by atoms with Crippen molar-refractivity contribution in [1.29, 1.82) is 0 Å². The normalized spacial score (nSPS) is 11.0. The van der Waals surface area contributed by atoms with Crippen LogP contribution in [0.15, 0.2) is 165 Å². The molecule has 0 saturated carbocycles. The Labute approximate surface area is 431 Å². The maximum atomic E-state index is 13.4. The van der Waals surface area contributed by atoms with Crippen LogP contribution in [0.1, 0.15) is 11.1 Å². The second-order valence-electron chi connectivity index (χ2n) is 15.2. The molecule has 0 amide bonds. The van der Waals surface area contributed by atoms with E-state index in [1.54, 1.807) is 88.0 Å². The lowest BCUT2D eigenvalue weighted by atomic mass is 10.2. The SMILES string of the molecule is Clc1ccc(CBr)cc1.Cn1c(=O)[nH]c2nc(-c3ccccc3Cl)n(-c3ccc(Cl)cc3)c2c1=O.Cn1c(=O)c2c(nc(-c3ccccc3Cl)n2-c2ccc(Cl)cc2)n(Cc2ccc(Cl)cc2)c1=O. The molecule has 12 nitrogen and oxygen atoms in total. The Hall–Kier alpha value is -6.16. The van der Waals surface area contributed by atoms with E-state index in [1.807, 2.05) is 66.7 Å². The number of fused-ring (bicyclic) bond motifs is 2. The first-order valence-corrected chi connectivity index (χ1v) is 24.0. The number of hydrogen-bond donors (Lipinski definition) is 1. The minimum atomic E-state index is -0.533. The number of H-pyrrole nitrogens is 1. The van der Waals surface area contributed by atoms with Crippen LogP contribution in [0, 0.1) is 0 Å². The second kappa shape index (κ2) is 21.2. The standard InChI is InChI=1S/C25H17Cl3N4O2.C18H12Cl2N4O2.C7H6BrCl/c1-30-24(33)21-23(31(25(30)34)14-15-6-8-16(26)9-7-15)29-22(19-4-2-3-5-20(19)28)32(21)18-12-10-17(27)11-13-18;1-23-17(25)14-15(22-18(23)26)21-16(12-4-2-3-5-13(12)20)24(14)11-8-6-10(19)7-9-11;8-5-6-1-3-7(9)4-2-6/h2-13H,14H2,1H3;2-9H,1H3,(H,22,26);1-4H,5H2. The lowest BCUT2D eigenvalue weighted by Crippen LogP contribution is -2.38. The highest BCUT2D eigenvalue weighted by atomic mass is 79.9. The molecule has 0 fully saturated rings. The van der Waals surface area contributed by atoms with Gasteiger partial charge in [0, 0.05) is 62.0 Å². The third kappa shape index (κ3) is 10.4. The van der Waals surface area contributed by atoms with Crippen LogP contribution in [0.3, 0.4) is 0 Å². The first-order chi connectivity index (χ1) is 33.1. The third-order valence-electron chi connectivity index (χ3n) is 10.8. The summed E-state index contributed by atoms with van der Waals surface area (Å²) in [5.41, 5.74) is 3.74. The summed E-state index contributed by atoms with van der Waals surface area (Å²) < 4.78 is 6.96. The maximum absolute atomic E-state index is 13.4. The summed E-state index contributed by atoms with van der Waals surface area (Å²) in [5, 5.41) is 4.35. The molecular weight excluding hydrogens is 1070 g/mol. The van der Waals surface area contributed by atoms with Gasteiger partial charge in [-0.15, -0.1) is 0 Å². The predicted molar refractivity (Wildman–Crippen MR) is 283 cm³/mol. The fourth-order valence-corrected chi connectivity index (χ4v) is 8.58. The number of alkyl halides is 1. The van der Waals surface area contributed by atoms with E-state index < -0.39 is 22.5 Å². The summed E-state index contributed by atoms with van der Waals surface area (Å²) >= 11 is 40.0. The van der Waals surface area contributed by atoms with Crippen molar-refractivity contribution in [3.05, 3.63) is 229 Å². The van der Waals surface area contributed by atoms with Crippen LogP contribution >= 0.6 is 85.5 Å². The molecule has 0 saturated heterocycles. The van der Waals surface area contributed by atoms with Crippen LogP contribution in [0.25, 0.3) is 56.5 Å². The molecular formula is C50H35BrCl6N8O4. The van der Waals surface area contributed by atoms with E-state index in [1.165, 1.54) is 24.2 Å². The molecule has 10 rings (SSSR count). The summed E-state index contributed by atoms with van der Waals surface area (Å²) in [5.74, 6) is 0.891. The molecule has 4 heterocycles. The quantitative estimate of drug-likeness (QED) is 0.158. The van der Waals surface area contributed by atoms with Gasteiger partial charge in [-0.2, -0.15) is 0 Å². The Bertz CT molecular complexity index is 3750. The lowest BCUT2D eigenvalue weighted by Gasteiger charge is -2.12. The number of aromatic nitrogens is 8. The minimum Gasteiger partial charge on any atom is -0.290 e. The zero-order valence-electron chi connectivity index (χ0n) is 36.2. The van der Waals surface area contributed by atoms with Gasteiger partial charge in [0.15, 0.2) is 22.3 Å². The monoisotopic (exact) mass is 1100 g/mol. The van der Waals surface area contributed by atoms with Crippen molar-refractivity contribution >= 4 is 108 Å². The number of hydrogen-bond acceptors (Lipinski definition) is 6. The van der Waals surface area contributed by atoms with Gasteiger partial charge in [0.1, 0.15) is 11.6 Å². The number of imidazole rings is 2. The number of nitrogens with zero attached hydrogens (tertiary/aromatic N) is 7. The van der Waals surface area contributed by atoms with E-state index in [0.717, 1.165) is 25.1 Å². The molecule has 69 heavy (non-hydrogen) atoms. The highest BCUT2D eigenvalue weighted by molar-refractivity contribution is 9.08. The first-order valence-electron chi connectivity index (χ1n) is 20.7. The van der Waals surface area contributed by atoms with Crippen molar-refractivity contribution < 1.29 is 0 Å². The van der Waals surface area contributed by atoms with Crippen LogP contribution in [-0.2, 0) is 26.0 Å². The predicted octanol–water partition coefficient (Wildman–Crippen LogP) is 12.2. The van der Waals surface area contributed by atoms with Gasteiger partial charge in [0.25, 0.3) is 11.1 Å². The lowest BCUT2D eigenvalue weighted by molar-refractivity contribution is 0.668. The Kier molecular flexibility index (Phi) is 15.2. The molecule has 0 aliphatic heterocycles. The molecule has 0 atom stereocenters. The van der Waals surface area contributed by atoms with Crippen molar-refractivity contribution in [3.8, 4) is 34.2 Å². The molecule has 1 N–H and O–H groups in total. The summed E-state index contributed by atoms with van der Waals surface area (Å²) in [7, 11) is 2.87. The van der Waals surface area contributed by atoms with Gasteiger partial charge >= 0.3 is 11.4 Å². The summed E-state index contributed by atoms with van der Waals surface area (Å²) in [6, 6.07) is 43.4. The molecule has 0 aliphatic rings. The molecule has 4 aromatic heterocycles. The van der Waals surface area contributed by atoms with Gasteiger partial charge in [0.05, 0.1) is 16.6 Å². The van der Waals surface area contributed by atoms with Crippen LogP contribution in [-0.4, -0.2) is 37.8 Å². The molecule has 0 spiro atoms. The molecule has 0 aliphatic carbocycles. The average molecular weight is 1100 g/mol. The van der Waals surface area contributed by atoms with Gasteiger partial charge in [0.2, 0.25) is 0 Å². The fourth-order valence-electron chi connectivity index (χ4n) is 7.26. The Morgan fingerprint density at radius 2 is 0.928 bits per heavy atom. The van der Waals surface area contributed by atoms with Crippen molar-refractivity contribution in [2.45, 2.75) is 11.9 Å².